The van der Waals surface area contributed by atoms with Crippen molar-refractivity contribution >= 4 is 62.3 Å². The monoisotopic (exact) mass is 485 g/mol. The van der Waals surface area contributed by atoms with E-state index in [0.717, 1.165) is 10.0 Å². The molecule has 0 unspecified atom stereocenters. The van der Waals surface area contributed by atoms with Crippen LogP contribution in [-0.4, -0.2) is 24.1 Å². The van der Waals surface area contributed by atoms with Crippen LogP contribution in [0, 0.1) is 6.92 Å². The van der Waals surface area contributed by atoms with Crippen LogP contribution in [0.2, 0.25) is 10.0 Å². The smallest absolute Gasteiger partial charge is 0.277 e. The van der Waals surface area contributed by atoms with Gasteiger partial charge in [-0.25, -0.2) is 5.43 Å². The number of nitrogens with one attached hydrogen (secondary N) is 2. The molecule has 28 heavy (non-hydrogen) atoms. The molecule has 2 N–H and O–H groups in total. The van der Waals surface area contributed by atoms with E-state index < -0.39 is 5.91 Å². The second-order valence-corrected chi connectivity index (χ2v) is 7.66. The predicted molar refractivity (Wildman–Crippen MR) is 115 cm³/mol. The summed E-state index contributed by atoms with van der Waals surface area (Å²) >= 11 is 15.1. The van der Waals surface area contributed by atoms with Gasteiger partial charge in [0.05, 0.1) is 16.5 Å². The highest BCUT2D eigenvalue weighted by molar-refractivity contribution is 9.10. The van der Waals surface area contributed by atoms with Crippen molar-refractivity contribution in [1.82, 2.24) is 5.43 Å². The van der Waals surface area contributed by atoms with E-state index in [-0.39, 0.29) is 18.9 Å². The highest BCUT2D eigenvalue weighted by Crippen LogP contribution is 2.25. The summed E-state index contributed by atoms with van der Waals surface area (Å²) in [7, 11) is 0. The number of hydrogen-bond donors (Lipinski definition) is 2. The standard InChI is InChI=1S/C19H18BrCl2N3O3/c1-11-7-13(20)3-6-17(11)28-10-19(27)25-24-12(2)8-18(26)23-14-4-5-15(21)16(22)9-14/h3-7,9H,8,10H2,1-2H3,(H,23,26)(H,25,27). The van der Waals surface area contributed by atoms with E-state index >= 15 is 0 Å². The van der Waals surface area contributed by atoms with Crippen LogP contribution >= 0.6 is 39.1 Å². The lowest BCUT2D eigenvalue weighted by Crippen LogP contribution is -2.26. The molecule has 2 amide bonds. The number of carbonyl (C=O) groups excluding carboxylic acids is 2. The van der Waals surface area contributed by atoms with Crippen molar-refractivity contribution in [2.75, 3.05) is 11.9 Å². The van der Waals surface area contributed by atoms with Crippen molar-refractivity contribution in [1.29, 1.82) is 0 Å². The van der Waals surface area contributed by atoms with E-state index in [1.165, 1.54) is 0 Å². The Morgan fingerprint density at radius 1 is 1.11 bits per heavy atom. The second-order valence-electron chi connectivity index (χ2n) is 5.93. The Morgan fingerprint density at radius 3 is 2.54 bits per heavy atom. The van der Waals surface area contributed by atoms with Gasteiger partial charge in [-0.05, 0) is 55.8 Å². The Labute approximate surface area is 181 Å². The van der Waals surface area contributed by atoms with Gasteiger partial charge in [-0.15, -0.1) is 0 Å². The lowest BCUT2D eigenvalue weighted by molar-refractivity contribution is -0.123. The molecule has 0 bridgehead atoms. The Bertz CT molecular complexity index is 919. The second kappa shape index (κ2) is 10.5. The number of carbonyl (C=O) groups is 2. The number of ether oxygens (including phenoxy) is 1. The zero-order valence-corrected chi connectivity index (χ0v) is 18.3. The summed E-state index contributed by atoms with van der Waals surface area (Å²) < 4.78 is 6.39. The Hall–Kier alpha value is -2.09. The molecule has 0 saturated carbocycles. The van der Waals surface area contributed by atoms with Crippen LogP contribution in [0.4, 0.5) is 5.69 Å². The van der Waals surface area contributed by atoms with Crippen molar-refractivity contribution in [2.24, 2.45) is 5.10 Å². The maximum absolute atomic E-state index is 12.0. The van der Waals surface area contributed by atoms with Crippen molar-refractivity contribution in [2.45, 2.75) is 20.3 Å². The van der Waals surface area contributed by atoms with Gasteiger partial charge in [-0.2, -0.15) is 5.10 Å². The largest absolute Gasteiger partial charge is 0.483 e. The van der Waals surface area contributed by atoms with Crippen LogP contribution in [0.15, 0.2) is 46.0 Å². The predicted octanol–water partition coefficient (Wildman–Crippen LogP) is 4.96. The number of aryl methyl sites for hydroxylation is 1. The summed E-state index contributed by atoms with van der Waals surface area (Å²) in [6, 6.07) is 10.3. The van der Waals surface area contributed by atoms with Gasteiger partial charge in [0.2, 0.25) is 5.91 Å². The lowest BCUT2D eigenvalue weighted by atomic mass is 10.2. The fraction of sp³-hybridized carbons (Fsp3) is 0.211. The molecular weight excluding hydrogens is 469 g/mol. The van der Waals surface area contributed by atoms with Gasteiger partial charge in [0.25, 0.3) is 5.91 Å². The molecule has 0 aliphatic rings. The summed E-state index contributed by atoms with van der Waals surface area (Å²) in [6.07, 6.45) is 0.00715. The number of anilines is 1. The van der Waals surface area contributed by atoms with Crippen LogP contribution in [0.5, 0.6) is 5.75 Å². The van der Waals surface area contributed by atoms with E-state index in [1.54, 1.807) is 31.2 Å². The van der Waals surface area contributed by atoms with E-state index in [1.807, 2.05) is 19.1 Å². The molecule has 2 aromatic carbocycles. The number of hydrazone groups is 1. The molecule has 9 heteroatoms. The van der Waals surface area contributed by atoms with Gasteiger partial charge in [0.1, 0.15) is 5.75 Å². The fourth-order valence-corrected chi connectivity index (χ4v) is 2.93. The third-order valence-electron chi connectivity index (χ3n) is 3.49. The van der Waals surface area contributed by atoms with Crippen LogP contribution in [0.3, 0.4) is 0 Å². The summed E-state index contributed by atoms with van der Waals surface area (Å²) in [5.74, 6) is -0.109. The molecular formula is C19H18BrCl2N3O3. The van der Waals surface area contributed by atoms with Crippen molar-refractivity contribution in [3.05, 3.63) is 56.5 Å². The molecule has 2 aromatic rings. The van der Waals surface area contributed by atoms with E-state index in [2.05, 4.69) is 31.8 Å². The molecule has 0 aliphatic heterocycles. The van der Waals surface area contributed by atoms with Crippen LogP contribution in [-0.2, 0) is 9.59 Å². The summed E-state index contributed by atoms with van der Waals surface area (Å²) in [5.41, 5.74) is 4.23. The van der Waals surface area contributed by atoms with Crippen LogP contribution in [0.1, 0.15) is 18.9 Å². The first-order chi connectivity index (χ1) is 13.2. The summed E-state index contributed by atoms with van der Waals surface area (Å²) in [6.45, 7) is 3.33. The normalized spacial score (nSPS) is 11.1. The molecule has 0 aromatic heterocycles. The Balaban J connectivity index is 1.79. The minimum absolute atomic E-state index is 0.00715. The first kappa shape index (κ1) is 22.2. The van der Waals surface area contributed by atoms with E-state index in [4.69, 9.17) is 27.9 Å². The van der Waals surface area contributed by atoms with Gasteiger partial charge in [-0.3, -0.25) is 9.59 Å². The zero-order valence-electron chi connectivity index (χ0n) is 15.2. The number of benzene rings is 2. The highest BCUT2D eigenvalue weighted by Gasteiger charge is 2.08. The van der Waals surface area contributed by atoms with Crippen molar-refractivity contribution < 1.29 is 14.3 Å². The topological polar surface area (TPSA) is 79.8 Å². The third kappa shape index (κ3) is 7.14. The molecule has 148 valence electrons. The number of amides is 2. The molecule has 0 atom stereocenters. The quantitative estimate of drug-likeness (QED) is 0.428. The lowest BCUT2D eigenvalue weighted by Gasteiger charge is -2.09. The SMILES string of the molecule is CC(CC(=O)Nc1ccc(Cl)c(Cl)c1)=NNC(=O)COc1ccc(Br)cc1C. The third-order valence-corrected chi connectivity index (χ3v) is 4.72. The van der Waals surface area contributed by atoms with Crippen molar-refractivity contribution in [3.63, 3.8) is 0 Å². The fourth-order valence-electron chi connectivity index (χ4n) is 2.16. The molecule has 0 heterocycles. The first-order valence-corrected chi connectivity index (χ1v) is 9.75. The molecule has 2 rings (SSSR count). The van der Waals surface area contributed by atoms with Gasteiger partial charge in [0.15, 0.2) is 6.61 Å². The average Bonchev–Trinajstić information content (AvgIpc) is 2.62. The number of hydrogen-bond acceptors (Lipinski definition) is 4. The van der Waals surface area contributed by atoms with Gasteiger partial charge in [-0.1, -0.05) is 39.1 Å². The number of rotatable bonds is 7. The van der Waals surface area contributed by atoms with Crippen LogP contribution in [0.25, 0.3) is 0 Å². The maximum atomic E-state index is 12.0. The molecule has 6 nitrogen and oxygen atoms in total. The molecule has 0 aliphatic carbocycles. The summed E-state index contributed by atoms with van der Waals surface area (Å²) in [4.78, 5) is 23.9. The van der Waals surface area contributed by atoms with Gasteiger partial charge in [0, 0.05) is 15.9 Å². The van der Waals surface area contributed by atoms with Gasteiger partial charge >= 0.3 is 0 Å². The molecule has 0 spiro atoms. The Kier molecular flexibility index (Phi) is 8.29. The van der Waals surface area contributed by atoms with Crippen molar-refractivity contribution in [3.8, 4) is 5.75 Å². The van der Waals surface area contributed by atoms with Gasteiger partial charge < -0.3 is 10.1 Å². The minimum Gasteiger partial charge on any atom is -0.483 e. The summed E-state index contributed by atoms with van der Waals surface area (Å²) in [5, 5.41) is 7.34. The number of nitrogens with zero attached hydrogens (tertiary/aromatic N) is 1. The Morgan fingerprint density at radius 2 is 1.86 bits per heavy atom. The van der Waals surface area contributed by atoms with Crippen LogP contribution < -0.4 is 15.5 Å². The van der Waals surface area contributed by atoms with E-state index in [9.17, 15) is 9.59 Å². The first-order valence-electron chi connectivity index (χ1n) is 8.20. The van der Waals surface area contributed by atoms with E-state index in [0.29, 0.717) is 27.2 Å². The molecule has 0 radical (unpaired) electrons. The molecule has 0 fully saturated rings. The maximum Gasteiger partial charge on any atom is 0.277 e. The average molecular weight is 487 g/mol. The highest BCUT2D eigenvalue weighted by atomic mass is 79.9. The zero-order chi connectivity index (χ0) is 20.7. The number of halogens is 3. The molecule has 0 saturated heterocycles. The minimum atomic E-state index is -0.424.